The van der Waals surface area contributed by atoms with E-state index in [4.69, 9.17) is 0 Å². The van der Waals surface area contributed by atoms with Gasteiger partial charge in [0.2, 0.25) is 0 Å². The van der Waals surface area contributed by atoms with Crippen LogP contribution in [0, 0.1) is 5.92 Å². The summed E-state index contributed by atoms with van der Waals surface area (Å²) in [4.78, 5) is 9.73. The van der Waals surface area contributed by atoms with Crippen LogP contribution in [0.15, 0.2) is 36.0 Å². The average Bonchev–Trinajstić information content (AvgIpc) is 2.36. The summed E-state index contributed by atoms with van der Waals surface area (Å²) in [5.41, 5.74) is 2.90. The molecule has 18 heavy (non-hydrogen) atoms. The molecule has 0 saturated heterocycles. The van der Waals surface area contributed by atoms with E-state index >= 15 is 0 Å². The minimum absolute atomic E-state index is 0.663. The predicted molar refractivity (Wildman–Crippen MR) is 80.6 cm³/mol. The number of unbranched alkanes of at least 4 members (excludes halogenated alkanes) is 1. The lowest BCUT2D eigenvalue weighted by atomic mass is 9.86. The minimum atomic E-state index is 0.663. The second-order valence-electron chi connectivity index (χ2n) is 4.99. The van der Waals surface area contributed by atoms with E-state index in [1.807, 2.05) is 6.08 Å². The Morgan fingerprint density at radius 3 is 2.61 bits per heavy atom. The number of aldehydes is 1. The Morgan fingerprint density at radius 1 is 1.44 bits per heavy atom. The van der Waals surface area contributed by atoms with E-state index in [-0.39, 0.29) is 0 Å². The van der Waals surface area contributed by atoms with Crippen molar-refractivity contribution in [1.82, 2.24) is 0 Å². The van der Waals surface area contributed by atoms with Crippen LogP contribution in [0.5, 0.6) is 0 Å². The maximum atomic E-state index is 9.73. The fraction of sp³-hybridized carbons (Fsp3) is 0.588. The molecule has 1 unspecified atom stereocenters. The first-order valence-electron chi connectivity index (χ1n) is 7.01. The number of carbonyl (C=O) groups excluding carboxylic acids is 1. The first kappa shape index (κ1) is 16.9. The Morgan fingerprint density at radius 2 is 2.17 bits per heavy atom. The summed E-state index contributed by atoms with van der Waals surface area (Å²) in [6, 6.07) is 0. The van der Waals surface area contributed by atoms with Crippen molar-refractivity contribution in [2.45, 2.75) is 59.3 Å². The number of hydrogen-bond acceptors (Lipinski definition) is 1. The van der Waals surface area contributed by atoms with Crippen molar-refractivity contribution in [3.05, 3.63) is 36.0 Å². The smallest absolute Gasteiger partial charge is 0.120 e. The molecule has 0 saturated carbocycles. The van der Waals surface area contributed by atoms with Crippen molar-refractivity contribution in [2.24, 2.45) is 5.92 Å². The molecule has 102 valence electrons. The first-order valence-corrected chi connectivity index (χ1v) is 7.01. The van der Waals surface area contributed by atoms with Crippen LogP contribution in [0.3, 0.4) is 0 Å². The Hall–Kier alpha value is -1.11. The van der Waals surface area contributed by atoms with Gasteiger partial charge in [0.15, 0.2) is 0 Å². The van der Waals surface area contributed by atoms with Crippen molar-refractivity contribution in [2.75, 3.05) is 0 Å². The van der Waals surface area contributed by atoms with Gasteiger partial charge in [-0.15, -0.1) is 0 Å². The van der Waals surface area contributed by atoms with Gasteiger partial charge < -0.3 is 4.79 Å². The molecule has 0 heterocycles. The van der Waals surface area contributed by atoms with Crippen molar-refractivity contribution in [3.8, 4) is 0 Å². The highest BCUT2D eigenvalue weighted by Gasteiger charge is 2.11. The van der Waals surface area contributed by atoms with Gasteiger partial charge in [-0.3, -0.25) is 0 Å². The van der Waals surface area contributed by atoms with E-state index in [1.165, 1.54) is 24.8 Å². The molecule has 0 N–H and O–H groups in total. The molecule has 1 atom stereocenters. The molecular formula is C17H28O. The van der Waals surface area contributed by atoms with Crippen LogP contribution >= 0.6 is 0 Å². The predicted octanol–water partition coefficient (Wildman–Crippen LogP) is 5.24. The monoisotopic (exact) mass is 248 g/mol. The molecule has 0 spiro atoms. The van der Waals surface area contributed by atoms with Crippen molar-refractivity contribution in [3.63, 3.8) is 0 Å². The molecular weight excluding hydrogens is 220 g/mol. The maximum absolute atomic E-state index is 9.73. The van der Waals surface area contributed by atoms with Crippen LogP contribution in [0.25, 0.3) is 0 Å². The zero-order valence-electron chi connectivity index (χ0n) is 12.2. The largest absolute Gasteiger partial charge is 0.303 e. The summed E-state index contributed by atoms with van der Waals surface area (Å²) in [5, 5.41) is 0. The third-order valence-electron chi connectivity index (χ3n) is 3.19. The highest BCUT2D eigenvalue weighted by molar-refractivity contribution is 5.49. The SMILES string of the molecule is C=C(C)C1CC=C(C)CC1.CC/C=C\CCC=O. The second kappa shape index (κ2) is 11.0. The van der Waals surface area contributed by atoms with Gasteiger partial charge in [-0.2, -0.15) is 0 Å². The third kappa shape index (κ3) is 8.98. The van der Waals surface area contributed by atoms with E-state index in [0.717, 1.165) is 25.0 Å². The fourth-order valence-electron chi connectivity index (χ4n) is 1.86. The molecule has 0 aromatic rings. The summed E-state index contributed by atoms with van der Waals surface area (Å²) < 4.78 is 0. The molecule has 1 nitrogen and oxygen atoms in total. The molecule has 0 bridgehead atoms. The molecule has 0 aromatic carbocycles. The standard InChI is InChI=1S/C10H16.C7H12O/c1-8(2)10-6-4-9(3)5-7-10;1-2-3-4-5-6-7-8/h4,10H,1,5-7H2,2-3H3;3-4,7H,2,5-6H2,1H3/b;4-3-. The highest BCUT2D eigenvalue weighted by Crippen LogP contribution is 2.27. The van der Waals surface area contributed by atoms with Crippen molar-refractivity contribution >= 4 is 6.29 Å². The molecule has 0 aliphatic heterocycles. The van der Waals surface area contributed by atoms with Gasteiger partial charge in [0, 0.05) is 6.42 Å². The number of allylic oxidation sites excluding steroid dienone is 5. The van der Waals surface area contributed by atoms with Gasteiger partial charge in [0.1, 0.15) is 6.29 Å². The van der Waals surface area contributed by atoms with Gasteiger partial charge in [-0.25, -0.2) is 0 Å². The van der Waals surface area contributed by atoms with Gasteiger partial charge in [0.25, 0.3) is 0 Å². The zero-order valence-corrected chi connectivity index (χ0v) is 12.2. The van der Waals surface area contributed by atoms with Gasteiger partial charge in [-0.1, -0.05) is 42.9 Å². The highest BCUT2D eigenvalue weighted by atomic mass is 16.1. The average molecular weight is 248 g/mol. The molecule has 0 amide bonds. The van der Waals surface area contributed by atoms with Gasteiger partial charge in [-0.05, 0) is 51.9 Å². The molecule has 0 fully saturated rings. The number of carbonyl (C=O) groups is 1. The zero-order chi connectivity index (χ0) is 13.8. The van der Waals surface area contributed by atoms with E-state index in [1.54, 1.807) is 5.57 Å². The van der Waals surface area contributed by atoms with Crippen LogP contribution in [0.1, 0.15) is 59.3 Å². The van der Waals surface area contributed by atoms with Crippen molar-refractivity contribution < 1.29 is 4.79 Å². The normalized spacial score (nSPS) is 18.8. The van der Waals surface area contributed by atoms with Crippen LogP contribution in [0.2, 0.25) is 0 Å². The van der Waals surface area contributed by atoms with Crippen molar-refractivity contribution in [1.29, 1.82) is 0 Å². The van der Waals surface area contributed by atoms with Crippen LogP contribution in [0.4, 0.5) is 0 Å². The van der Waals surface area contributed by atoms with Gasteiger partial charge in [0.05, 0.1) is 0 Å². The topological polar surface area (TPSA) is 17.1 Å². The quantitative estimate of drug-likeness (QED) is 0.369. The summed E-state index contributed by atoms with van der Waals surface area (Å²) in [6.07, 6.45) is 13.9. The number of hydrogen-bond donors (Lipinski definition) is 0. The van der Waals surface area contributed by atoms with E-state index < -0.39 is 0 Å². The summed E-state index contributed by atoms with van der Waals surface area (Å²) in [6.45, 7) is 10.4. The Kier molecular flexibility index (Phi) is 10.3. The lowest BCUT2D eigenvalue weighted by Gasteiger charge is -2.19. The summed E-state index contributed by atoms with van der Waals surface area (Å²) in [7, 11) is 0. The second-order valence-corrected chi connectivity index (χ2v) is 4.99. The van der Waals surface area contributed by atoms with Crippen LogP contribution in [-0.4, -0.2) is 6.29 Å². The first-order chi connectivity index (χ1) is 8.61. The Balaban J connectivity index is 0.000000331. The summed E-state index contributed by atoms with van der Waals surface area (Å²) in [5.74, 6) is 0.767. The molecule has 0 radical (unpaired) electrons. The van der Waals surface area contributed by atoms with E-state index in [2.05, 4.69) is 39.5 Å². The third-order valence-corrected chi connectivity index (χ3v) is 3.19. The Bertz CT molecular complexity index is 297. The van der Waals surface area contributed by atoms with E-state index in [0.29, 0.717) is 6.42 Å². The molecule has 0 aromatic heterocycles. The fourth-order valence-corrected chi connectivity index (χ4v) is 1.86. The Labute approximate surface area is 113 Å². The van der Waals surface area contributed by atoms with Gasteiger partial charge >= 0.3 is 0 Å². The molecule has 1 rings (SSSR count). The van der Waals surface area contributed by atoms with E-state index in [9.17, 15) is 4.79 Å². The molecule has 1 heteroatoms. The molecule has 1 aliphatic carbocycles. The molecule has 1 aliphatic rings. The van der Waals surface area contributed by atoms with Crippen LogP contribution < -0.4 is 0 Å². The van der Waals surface area contributed by atoms with Crippen LogP contribution in [-0.2, 0) is 4.79 Å². The maximum Gasteiger partial charge on any atom is 0.120 e. The lowest BCUT2D eigenvalue weighted by Crippen LogP contribution is -2.04. The lowest BCUT2D eigenvalue weighted by molar-refractivity contribution is -0.107. The minimum Gasteiger partial charge on any atom is -0.303 e. The summed E-state index contributed by atoms with van der Waals surface area (Å²) >= 11 is 0. The number of rotatable bonds is 5.